The molecule has 1 aliphatic carbocycles. The summed E-state index contributed by atoms with van der Waals surface area (Å²) < 4.78 is 1.49. The molecule has 0 aromatic carbocycles. The lowest BCUT2D eigenvalue weighted by atomic mass is 9.91. The van der Waals surface area contributed by atoms with Crippen molar-refractivity contribution in [2.45, 2.75) is 32.2 Å². The molecule has 5 nitrogen and oxygen atoms in total. The largest absolute Gasteiger partial charge is 0.354 e. The number of carbonyl (C=O) groups is 1. The van der Waals surface area contributed by atoms with Crippen molar-refractivity contribution in [2.75, 3.05) is 6.54 Å². The van der Waals surface area contributed by atoms with Gasteiger partial charge in [0.25, 0.3) is 5.56 Å². The topological polar surface area (TPSA) is 64.0 Å². The van der Waals surface area contributed by atoms with E-state index in [4.69, 9.17) is 0 Å². The average molecular weight is 261 g/mol. The van der Waals surface area contributed by atoms with E-state index in [1.165, 1.54) is 23.2 Å². The minimum absolute atomic E-state index is 0.0669. The van der Waals surface area contributed by atoms with Crippen molar-refractivity contribution in [2.24, 2.45) is 5.92 Å². The number of hydrogen-bond donors (Lipinski definition) is 1. The van der Waals surface area contributed by atoms with Crippen LogP contribution in [-0.2, 0) is 11.3 Å². The Morgan fingerprint density at radius 2 is 2.37 bits per heavy atom. The number of hydrogen-bond acceptors (Lipinski definition) is 3. The van der Waals surface area contributed by atoms with Gasteiger partial charge in [-0.3, -0.25) is 14.2 Å². The number of allylic oxidation sites excluding steroid dienone is 2. The van der Waals surface area contributed by atoms with E-state index in [1.54, 1.807) is 0 Å². The lowest BCUT2D eigenvalue weighted by Gasteiger charge is -2.17. The first-order chi connectivity index (χ1) is 9.25. The van der Waals surface area contributed by atoms with Crippen LogP contribution in [0.25, 0.3) is 0 Å². The first-order valence-corrected chi connectivity index (χ1v) is 6.68. The number of rotatable bonds is 5. The third-order valence-electron chi connectivity index (χ3n) is 3.32. The van der Waals surface area contributed by atoms with E-state index >= 15 is 0 Å². The predicted molar refractivity (Wildman–Crippen MR) is 72.6 cm³/mol. The van der Waals surface area contributed by atoms with Crippen molar-refractivity contribution in [3.05, 3.63) is 41.1 Å². The van der Waals surface area contributed by atoms with Gasteiger partial charge in [0.05, 0.1) is 6.33 Å². The Kier molecular flexibility index (Phi) is 4.89. The summed E-state index contributed by atoms with van der Waals surface area (Å²) in [5.41, 5.74) is -0.0957. The van der Waals surface area contributed by atoms with Crippen LogP contribution in [0.5, 0.6) is 0 Å². The molecule has 1 N–H and O–H groups in total. The number of carbonyl (C=O) groups excluding carboxylic acids is 1. The number of amides is 1. The fraction of sp³-hybridized carbons (Fsp3) is 0.500. The standard InChI is InChI=1S/C14H19N3O2/c18-13(10-12-4-2-1-3-5-12)16-8-9-17-11-15-7-6-14(17)19/h1-2,6-7,11-12H,3-5,8-10H2,(H,16,18). The van der Waals surface area contributed by atoms with Crippen molar-refractivity contribution >= 4 is 5.91 Å². The Balaban J connectivity index is 1.71. The Labute approximate surface area is 112 Å². The quantitative estimate of drug-likeness (QED) is 0.807. The first kappa shape index (κ1) is 13.5. The summed E-state index contributed by atoms with van der Waals surface area (Å²) in [6.07, 6.45) is 11.0. The second kappa shape index (κ2) is 6.87. The molecule has 0 fully saturated rings. The van der Waals surface area contributed by atoms with E-state index in [0.717, 1.165) is 19.3 Å². The normalized spacial score (nSPS) is 18.2. The summed E-state index contributed by atoms with van der Waals surface area (Å²) in [5.74, 6) is 0.531. The molecule has 0 saturated carbocycles. The second-order valence-electron chi connectivity index (χ2n) is 4.82. The van der Waals surface area contributed by atoms with Crippen LogP contribution in [0.3, 0.4) is 0 Å². The van der Waals surface area contributed by atoms with Crippen LogP contribution in [0, 0.1) is 5.92 Å². The van der Waals surface area contributed by atoms with Crippen LogP contribution in [0.2, 0.25) is 0 Å². The third kappa shape index (κ3) is 4.35. The van der Waals surface area contributed by atoms with Gasteiger partial charge in [0, 0.05) is 31.8 Å². The van der Waals surface area contributed by atoms with Crippen LogP contribution < -0.4 is 10.9 Å². The molecule has 1 atom stereocenters. The number of nitrogens with zero attached hydrogens (tertiary/aromatic N) is 2. The second-order valence-corrected chi connectivity index (χ2v) is 4.82. The van der Waals surface area contributed by atoms with Crippen molar-refractivity contribution < 1.29 is 4.79 Å². The molecule has 1 heterocycles. The highest BCUT2D eigenvalue weighted by Gasteiger charge is 2.13. The van der Waals surface area contributed by atoms with Crippen molar-refractivity contribution in [3.63, 3.8) is 0 Å². The summed E-state index contributed by atoms with van der Waals surface area (Å²) in [4.78, 5) is 27.0. The molecule has 1 unspecified atom stereocenters. The lowest BCUT2D eigenvalue weighted by molar-refractivity contribution is -0.122. The van der Waals surface area contributed by atoms with E-state index in [0.29, 0.717) is 25.4 Å². The fourth-order valence-electron chi connectivity index (χ4n) is 2.24. The molecule has 5 heteroatoms. The summed E-state index contributed by atoms with van der Waals surface area (Å²) in [7, 11) is 0. The van der Waals surface area contributed by atoms with Gasteiger partial charge in [-0.05, 0) is 25.2 Å². The zero-order valence-electron chi connectivity index (χ0n) is 10.9. The maximum Gasteiger partial charge on any atom is 0.253 e. The SMILES string of the molecule is O=C(CC1CC=CCC1)NCCn1cnccc1=O. The summed E-state index contributed by atoms with van der Waals surface area (Å²) in [6, 6.07) is 1.41. The average Bonchev–Trinajstić information content (AvgIpc) is 2.42. The highest BCUT2D eigenvalue weighted by molar-refractivity contribution is 5.76. The van der Waals surface area contributed by atoms with Crippen molar-refractivity contribution in [1.29, 1.82) is 0 Å². The molecular formula is C14H19N3O2. The molecule has 2 rings (SSSR count). The van der Waals surface area contributed by atoms with Gasteiger partial charge in [0.15, 0.2) is 0 Å². The van der Waals surface area contributed by atoms with Gasteiger partial charge in [-0.25, -0.2) is 4.98 Å². The minimum atomic E-state index is -0.0957. The summed E-state index contributed by atoms with van der Waals surface area (Å²) >= 11 is 0. The molecule has 0 spiro atoms. The maximum atomic E-state index is 11.7. The monoisotopic (exact) mass is 261 g/mol. The molecular weight excluding hydrogens is 242 g/mol. The van der Waals surface area contributed by atoms with Crippen LogP contribution >= 0.6 is 0 Å². The third-order valence-corrected chi connectivity index (χ3v) is 3.32. The Morgan fingerprint density at radius 3 is 3.11 bits per heavy atom. The van der Waals surface area contributed by atoms with Gasteiger partial charge in [-0.1, -0.05) is 12.2 Å². The minimum Gasteiger partial charge on any atom is -0.354 e. The molecule has 1 aromatic rings. The van der Waals surface area contributed by atoms with Crippen LogP contribution in [0.1, 0.15) is 25.7 Å². The molecule has 0 radical (unpaired) electrons. The highest BCUT2D eigenvalue weighted by Crippen LogP contribution is 2.20. The van der Waals surface area contributed by atoms with Gasteiger partial charge < -0.3 is 5.32 Å². The lowest BCUT2D eigenvalue weighted by Crippen LogP contribution is -2.31. The molecule has 0 saturated heterocycles. The molecule has 102 valence electrons. The van der Waals surface area contributed by atoms with Crippen LogP contribution in [0.4, 0.5) is 0 Å². The van der Waals surface area contributed by atoms with Crippen LogP contribution in [-0.4, -0.2) is 22.0 Å². The van der Waals surface area contributed by atoms with E-state index in [2.05, 4.69) is 22.5 Å². The van der Waals surface area contributed by atoms with Crippen LogP contribution in [0.15, 0.2) is 35.5 Å². The summed E-state index contributed by atoms with van der Waals surface area (Å²) in [5, 5.41) is 2.86. The maximum absolute atomic E-state index is 11.7. The molecule has 19 heavy (non-hydrogen) atoms. The Morgan fingerprint density at radius 1 is 1.47 bits per heavy atom. The van der Waals surface area contributed by atoms with Crippen molar-refractivity contribution in [3.8, 4) is 0 Å². The molecule has 1 aromatic heterocycles. The fourth-order valence-corrected chi connectivity index (χ4v) is 2.24. The van der Waals surface area contributed by atoms with E-state index in [1.807, 2.05) is 0 Å². The van der Waals surface area contributed by atoms with Gasteiger partial charge in [0.1, 0.15) is 0 Å². The zero-order valence-corrected chi connectivity index (χ0v) is 10.9. The van der Waals surface area contributed by atoms with E-state index in [-0.39, 0.29) is 11.5 Å². The number of nitrogens with one attached hydrogen (secondary N) is 1. The Hall–Kier alpha value is -1.91. The van der Waals surface area contributed by atoms with Gasteiger partial charge in [0.2, 0.25) is 5.91 Å². The zero-order chi connectivity index (χ0) is 13.5. The van der Waals surface area contributed by atoms with Gasteiger partial charge in [-0.2, -0.15) is 0 Å². The van der Waals surface area contributed by atoms with Gasteiger partial charge >= 0.3 is 0 Å². The van der Waals surface area contributed by atoms with Crippen molar-refractivity contribution in [1.82, 2.24) is 14.9 Å². The summed E-state index contributed by atoms with van der Waals surface area (Å²) in [6.45, 7) is 0.927. The van der Waals surface area contributed by atoms with E-state index in [9.17, 15) is 9.59 Å². The van der Waals surface area contributed by atoms with Gasteiger partial charge in [-0.15, -0.1) is 0 Å². The molecule has 1 aliphatic rings. The molecule has 0 aliphatic heterocycles. The van der Waals surface area contributed by atoms with E-state index < -0.39 is 0 Å². The number of aromatic nitrogens is 2. The smallest absolute Gasteiger partial charge is 0.253 e. The first-order valence-electron chi connectivity index (χ1n) is 6.68. The molecule has 0 bridgehead atoms. The predicted octanol–water partition coefficient (Wildman–Crippen LogP) is 1.11. The highest BCUT2D eigenvalue weighted by atomic mass is 16.1. The Bertz CT molecular complexity index is 507. The molecule has 1 amide bonds.